The number of rotatable bonds is 2. The van der Waals surface area contributed by atoms with Crippen molar-refractivity contribution in [1.82, 2.24) is 14.4 Å². The lowest BCUT2D eigenvalue weighted by atomic mass is 9.75. The zero-order valence-electron chi connectivity index (χ0n) is 21.0. The van der Waals surface area contributed by atoms with Gasteiger partial charge in [-0.25, -0.2) is 0 Å². The number of aryl methyl sites for hydroxylation is 1. The van der Waals surface area contributed by atoms with Crippen LogP contribution in [0.15, 0.2) is 54.7 Å². The average molecular weight is 490 g/mol. The predicted molar refractivity (Wildman–Crippen MR) is 139 cm³/mol. The summed E-state index contributed by atoms with van der Waals surface area (Å²) in [4.78, 5) is 30.8. The Hall–Kier alpha value is -3.32. The molecule has 1 N–H and O–H groups in total. The molecule has 1 saturated heterocycles. The predicted octanol–water partition coefficient (Wildman–Crippen LogP) is 4.10. The second kappa shape index (κ2) is 10.3. The van der Waals surface area contributed by atoms with Gasteiger partial charge in [0.1, 0.15) is 12.4 Å². The molecule has 0 saturated carbocycles. The Morgan fingerprint density at radius 2 is 1.72 bits per heavy atom. The minimum Gasteiger partial charge on any atom is -0.491 e. The van der Waals surface area contributed by atoms with Gasteiger partial charge in [-0.15, -0.1) is 0 Å². The zero-order valence-corrected chi connectivity index (χ0v) is 21.0. The summed E-state index contributed by atoms with van der Waals surface area (Å²) in [7, 11) is 1.96. The number of amides is 2. The molecule has 0 spiro atoms. The standard InChI is InChI=1S/C29H35N3O4/c1-30-20-24(22-8-2-4-10-25(22)30)28(35)31-15-7-6-12-29(21-33)13-16-32(17-14-29)27(34)23-9-3-5-11-26(23)36-19-18-31/h2-5,8-11,20,33H,6-7,12-19,21H2,1H3. The summed E-state index contributed by atoms with van der Waals surface area (Å²) < 4.78 is 8.09. The van der Waals surface area contributed by atoms with E-state index >= 15 is 0 Å². The Labute approximate surface area is 212 Å². The van der Waals surface area contributed by atoms with E-state index in [9.17, 15) is 14.7 Å². The number of fused-ring (bicyclic) bond motifs is 10. The van der Waals surface area contributed by atoms with Gasteiger partial charge in [0.15, 0.2) is 0 Å². The second-order valence-electron chi connectivity index (χ2n) is 10.2. The number of carbonyl (C=O) groups is 2. The van der Waals surface area contributed by atoms with E-state index in [0.717, 1.165) is 43.0 Å². The quantitative estimate of drug-likeness (QED) is 0.588. The summed E-state index contributed by atoms with van der Waals surface area (Å²) in [5.41, 5.74) is 2.12. The molecule has 0 aliphatic carbocycles. The number of piperidine rings is 1. The molecule has 3 aliphatic heterocycles. The van der Waals surface area contributed by atoms with Crippen LogP contribution in [-0.4, -0.2) is 70.7 Å². The Morgan fingerprint density at radius 3 is 2.53 bits per heavy atom. The van der Waals surface area contributed by atoms with Crippen molar-refractivity contribution < 1.29 is 19.4 Å². The number of carbonyl (C=O) groups excluding carboxylic acids is 2. The third-order valence-electron chi connectivity index (χ3n) is 7.98. The lowest BCUT2D eigenvalue weighted by molar-refractivity contribution is 0.0297. The number of ether oxygens (including phenoxy) is 1. The monoisotopic (exact) mass is 489 g/mol. The van der Waals surface area contributed by atoms with Crippen LogP contribution >= 0.6 is 0 Å². The van der Waals surface area contributed by atoms with Crippen LogP contribution < -0.4 is 4.74 Å². The minimum atomic E-state index is -0.155. The molecule has 2 bridgehead atoms. The maximum atomic E-state index is 13.7. The van der Waals surface area contributed by atoms with Crippen molar-refractivity contribution in [2.75, 3.05) is 39.4 Å². The molecule has 4 heterocycles. The average Bonchev–Trinajstić information content (AvgIpc) is 3.25. The molecule has 7 nitrogen and oxygen atoms in total. The van der Waals surface area contributed by atoms with E-state index in [1.165, 1.54) is 0 Å². The van der Waals surface area contributed by atoms with Gasteiger partial charge in [-0.3, -0.25) is 9.59 Å². The number of nitrogens with zero attached hydrogens (tertiary/aromatic N) is 3. The third kappa shape index (κ3) is 4.72. The van der Waals surface area contributed by atoms with Gasteiger partial charge in [0.05, 0.1) is 17.7 Å². The molecule has 190 valence electrons. The molecule has 3 aromatic rings. The molecule has 1 aromatic heterocycles. The summed E-state index contributed by atoms with van der Waals surface area (Å²) in [5.74, 6) is 0.512. The summed E-state index contributed by atoms with van der Waals surface area (Å²) >= 11 is 0. The van der Waals surface area contributed by atoms with Gasteiger partial charge < -0.3 is 24.2 Å². The van der Waals surface area contributed by atoms with Gasteiger partial charge in [-0.05, 0) is 49.3 Å². The number of hydrogen-bond acceptors (Lipinski definition) is 4. The molecule has 1 fully saturated rings. The van der Waals surface area contributed by atoms with Crippen LogP contribution in [0.5, 0.6) is 5.75 Å². The summed E-state index contributed by atoms with van der Waals surface area (Å²) in [5, 5.41) is 11.2. The molecule has 3 aliphatic rings. The van der Waals surface area contributed by atoms with Gasteiger partial charge >= 0.3 is 0 Å². The van der Waals surface area contributed by atoms with Crippen molar-refractivity contribution in [3.63, 3.8) is 0 Å². The van der Waals surface area contributed by atoms with Gasteiger partial charge in [0.25, 0.3) is 11.8 Å². The molecule has 0 unspecified atom stereocenters. The van der Waals surface area contributed by atoms with Crippen molar-refractivity contribution >= 4 is 22.7 Å². The number of benzene rings is 2. The van der Waals surface area contributed by atoms with Gasteiger partial charge in [0.2, 0.25) is 0 Å². The van der Waals surface area contributed by atoms with Crippen molar-refractivity contribution in [3.05, 3.63) is 65.9 Å². The van der Waals surface area contributed by atoms with E-state index in [0.29, 0.717) is 49.7 Å². The highest BCUT2D eigenvalue weighted by Crippen LogP contribution is 2.37. The molecule has 36 heavy (non-hydrogen) atoms. The summed E-state index contributed by atoms with van der Waals surface area (Å²) in [6.07, 6.45) is 6.17. The fourth-order valence-electron chi connectivity index (χ4n) is 5.68. The smallest absolute Gasteiger partial charge is 0.257 e. The van der Waals surface area contributed by atoms with Crippen LogP contribution in [0.25, 0.3) is 10.9 Å². The topological polar surface area (TPSA) is 75.0 Å². The van der Waals surface area contributed by atoms with E-state index in [2.05, 4.69) is 0 Å². The van der Waals surface area contributed by atoms with Gasteiger partial charge in [0, 0.05) is 50.4 Å². The van der Waals surface area contributed by atoms with Crippen LogP contribution in [0.2, 0.25) is 0 Å². The fourth-order valence-corrected chi connectivity index (χ4v) is 5.68. The molecular weight excluding hydrogens is 454 g/mol. The Morgan fingerprint density at radius 1 is 0.972 bits per heavy atom. The summed E-state index contributed by atoms with van der Waals surface area (Å²) in [6, 6.07) is 15.3. The highest BCUT2D eigenvalue weighted by Gasteiger charge is 2.36. The first-order valence-electron chi connectivity index (χ1n) is 13.0. The summed E-state index contributed by atoms with van der Waals surface area (Å²) in [6.45, 7) is 2.77. The highest BCUT2D eigenvalue weighted by atomic mass is 16.5. The van der Waals surface area contributed by atoms with Crippen LogP contribution in [0, 0.1) is 5.41 Å². The molecule has 0 radical (unpaired) electrons. The normalized spacial score (nSPS) is 18.9. The second-order valence-corrected chi connectivity index (χ2v) is 10.2. The number of aliphatic hydroxyl groups excluding tert-OH is 1. The Balaban J connectivity index is 1.42. The van der Waals surface area contributed by atoms with E-state index < -0.39 is 0 Å². The third-order valence-corrected chi connectivity index (χ3v) is 7.98. The zero-order chi connectivity index (χ0) is 25.1. The Kier molecular flexibility index (Phi) is 7.01. The first-order valence-corrected chi connectivity index (χ1v) is 13.0. The van der Waals surface area contributed by atoms with Gasteiger partial charge in [-0.1, -0.05) is 36.8 Å². The van der Waals surface area contributed by atoms with Crippen LogP contribution in [0.1, 0.15) is 52.8 Å². The van der Waals surface area contributed by atoms with Crippen LogP contribution in [0.3, 0.4) is 0 Å². The number of aliphatic hydroxyl groups is 1. The van der Waals surface area contributed by atoms with Crippen molar-refractivity contribution in [2.45, 2.75) is 32.1 Å². The molecule has 2 amide bonds. The van der Waals surface area contributed by atoms with Crippen molar-refractivity contribution in [2.24, 2.45) is 12.5 Å². The maximum absolute atomic E-state index is 13.7. The largest absolute Gasteiger partial charge is 0.491 e. The molecular formula is C29H35N3O4. The van der Waals surface area contributed by atoms with E-state index in [-0.39, 0.29) is 23.8 Å². The lowest BCUT2D eigenvalue weighted by Crippen LogP contribution is -2.44. The van der Waals surface area contributed by atoms with Crippen molar-refractivity contribution in [1.29, 1.82) is 0 Å². The Bertz CT molecular complexity index is 1240. The van der Waals surface area contributed by atoms with Gasteiger partial charge in [-0.2, -0.15) is 0 Å². The van der Waals surface area contributed by atoms with Crippen molar-refractivity contribution in [3.8, 4) is 5.75 Å². The maximum Gasteiger partial charge on any atom is 0.257 e. The molecule has 7 heteroatoms. The minimum absolute atomic E-state index is 0.00649. The number of aromatic nitrogens is 1. The lowest BCUT2D eigenvalue weighted by Gasteiger charge is -2.41. The molecule has 6 rings (SSSR count). The molecule has 2 aromatic carbocycles. The molecule has 0 atom stereocenters. The number of para-hydroxylation sites is 2. The van der Waals surface area contributed by atoms with E-state index in [1.54, 1.807) is 0 Å². The van der Waals surface area contributed by atoms with Crippen LogP contribution in [0.4, 0.5) is 0 Å². The van der Waals surface area contributed by atoms with Crippen LogP contribution in [-0.2, 0) is 7.05 Å². The number of hydrogen-bond donors (Lipinski definition) is 1. The first-order chi connectivity index (χ1) is 17.5. The SMILES string of the molecule is Cn1cc(C(=O)N2CCCCC3(CO)CCN(CC3)C(=O)c3ccccc3OCC2)c2ccccc21. The van der Waals surface area contributed by atoms with E-state index in [1.807, 2.05) is 76.1 Å². The first kappa shape index (κ1) is 24.4. The highest BCUT2D eigenvalue weighted by molar-refractivity contribution is 6.07. The van der Waals surface area contributed by atoms with E-state index in [4.69, 9.17) is 4.74 Å². The fraction of sp³-hybridized carbons (Fsp3) is 0.448.